The maximum atomic E-state index is 10.2. The molecule has 0 aliphatic rings. The molecule has 108 valence electrons. The summed E-state index contributed by atoms with van der Waals surface area (Å²) in [6.45, 7) is 1.11. The number of likely N-dealkylation sites (N-methyl/N-ethyl adjacent to an activating group) is 1. The largest absolute Gasteiger partial charge is 0.508 e. The number of benzene rings is 1. The van der Waals surface area contributed by atoms with E-state index in [-0.39, 0.29) is 18.8 Å². The van der Waals surface area contributed by atoms with E-state index in [0.717, 1.165) is 16.6 Å². The Bertz CT molecular complexity index is 368. The van der Waals surface area contributed by atoms with E-state index in [1.807, 2.05) is 0 Å². The number of rotatable bonds is 5. The number of hydrogen-bond donors (Lipinski definition) is 3. The fourth-order valence-electron chi connectivity index (χ4n) is 1.21. The highest BCUT2D eigenvalue weighted by Gasteiger charge is 2.02. The van der Waals surface area contributed by atoms with Crippen LogP contribution in [0, 0.1) is 0 Å². The second kappa shape index (κ2) is 8.50. The number of aliphatic hydroxyl groups is 1. The first kappa shape index (κ1) is 17.4. The minimum atomic E-state index is -0.803. The number of aliphatic carboxylic acids is 1. The molecule has 0 saturated carbocycles. The summed E-state index contributed by atoms with van der Waals surface area (Å²) in [4.78, 5) is 10.2. The van der Waals surface area contributed by atoms with E-state index >= 15 is 0 Å². The van der Waals surface area contributed by atoms with Gasteiger partial charge in [-0.1, -0.05) is 12.1 Å². The molecule has 0 heterocycles. The summed E-state index contributed by atoms with van der Waals surface area (Å²) in [7, 11) is 6.16. The summed E-state index contributed by atoms with van der Waals surface area (Å²) in [6.07, 6.45) is 0.639. The number of carbonyl (C=O) groups is 1. The smallest absolute Gasteiger partial charge is 0.303 e. The van der Waals surface area contributed by atoms with E-state index < -0.39 is 5.97 Å². The minimum absolute atomic E-state index is 0.130. The molecule has 0 atom stereocenters. The maximum Gasteiger partial charge on any atom is 0.303 e. The van der Waals surface area contributed by atoms with Crippen LogP contribution in [0.1, 0.15) is 12.0 Å². The molecule has 5 heteroatoms. The molecule has 19 heavy (non-hydrogen) atoms. The van der Waals surface area contributed by atoms with Crippen molar-refractivity contribution in [2.75, 3.05) is 34.3 Å². The van der Waals surface area contributed by atoms with E-state index in [4.69, 9.17) is 15.3 Å². The molecule has 1 aromatic rings. The summed E-state index contributed by atoms with van der Waals surface area (Å²) in [5.41, 5.74) is 0.926. The summed E-state index contributed by atoms with van der Waals surface area (Å²) < 4.78 is 0.844. The number of phenols is 1. The molecule has 0 spiro atoms. The molecule has 1 rings (SSSR count). The van der Waals surface area contributed by atoms with Crippen LogP contribution in [0.3, 0.4) is 0 Å². The van der Waals surface area contributed by atoms with Gasteiger partial charge in [0.05, 0.1) is 27.7 Å². The SMILES string of the molecule is C[N+](C)(C)CCO.O=C(O)CCc1ccc(O)cc1. The first-order valence-electron chi connectivity index (χ1n) is 6.15. The Balaban J connectivity index is 0.000000399. The van der Waals surface area contributed by atoms with Crippen LogP contribution in [-0.4, -0.2) is 60.1 Å². The number of aryl methyl sites for hydroxylation is 1. The molecule has 3 N–H and O–H groups in total. The lowest BCUT2D eigenvalue weighted by molar-refractivity contribution is -0.870. The third-order valence-electron chi connectivity index (χ3n) is 2.33. The molecule has 0 aliphatic heterocycles. The minimum Gasteiger partial charge on any atom is -0.508 e. The van der Waals surface area contributed by atoms with Crippen molar-refractivity contribution >= 4 is 5.97 Å². The van der Waals surface area contributed by atoms with Crippen LogP contribution in [0.15, 0.2) is 24.3 Å². The summed E-state index contributed by atoms with van der Waals surface area (Å²) in [5.74, 6) is -0.600. The zero-order chi connectivity index (χ0) is 14.9. The van der Waals surface area contributed by atoms with Crippen molar-refractivity contribution in [2.24, 2.45) is 0 Å². The summed E-state index contributed by atoms with van der Waals surface area (Å²) >= 11 is 0. The van der Waals surface area contributed by atoms with Gasteiger partial charge >= 0.3 is 5.97 Å². The Morgan fingerprint density at radius 1 is 1.16 bits per heavy atom. The van der Waals surface area contributed by atoms with Gasteiger partial charge in [-0.15, -0.1) is 0 Å². The Kier molecular flexibility index (Phi) is 7.79. The van der Waals surface area contributed by atoms with E-state index in [1.54, 1.807) is 24.3 Å². The molecule has 0 fully saturated rings. The average Bonchev–Trinajstić information content (AvgIpc) is 2.27. The van der Waals surface area contributed by atoms with Crippen LogP contribution in [-0.2, 0) is 11.2 Å². The van der Waals surface area contributed by atoms with Crippen LogP contribution in [0.4, 0.5) is 0 Å². The number of phenolic OH excluding ortho intramolecular Hbond substituents is 1. The van der Waals surface area contributed by atoms with Gasteiger partial charge in [0.15, 0.2) is 0 Å². The highest BCUT2D eigenvalue weighted by atomic mass is 16.4. The third kappa shape index (κ3) is 11.2. The van der Waals surface area contributed by atoms with Crippen LogP contribution >= 0.6 is 0 Å². The fourth-order valence-corrected chi connectivity index (χ4v) is 1.21. The van der Waals surface area contributed by atoms with Crippen molar-refractivity contribution in [3.05, 3.63) is 29.8 Å². The van der Waals surface area contributed by atoms with E-state index in [9.17, 15) is 4.79 Å². The fraction of sp³-hybridized carbons (Fsp3) is 0.500. The maximum absolute atomic E-state index is 10.2. The van der Waals surface area contributed by atoms with Gasteiger partial charge in [0.1, 0.15) is 12.3 Å². The van der Waals surface area contributed by atoms with Gasteiger partial charge in [0.2, 0.25) is 0 Å². The first-order valence-corrected chi connectivity index (χ1v) is 6.15. The lowest BCUT2D eigenvalue weighted by atomic mass is 10.1. The van der Waals surface area contributed by atoms with Gasteiger partial charge in [0, 0.05) is 6.42 Å². The van der Waals surface area contributed by atoms with Crippen molar-refractivity contribution in [1.29, 1.82) is 0 Å². The number of aromatic hydroxyl groups is 1. The predicted octanol–water partition coefficient (Wildman–Crippen LogP) is 1.09. The van der Waals surface area contributed by atoms with Gasteiger partial charge in [0.25, 0.3) is 0 Å². The van der Waals surface area contributed by atoms with Crippen molar-refractivity contribution in [3.8, 4) is 5.75 Å². The quantitative estimate of drug-likeness (QED) is 0.700. The van der Waals surface area contributed by atoms with E-state index in [2.05, 4.69) is 21.1 Å². The number of carboxylic acids is 1. The average molecular weight is 270 g/mol. The molecule has 0 amide bonds. The zero-order valence-electron chi connectivity index (χ0n) is 11.8. The number of aliphatic hydroxyl groups excluding tert-OH is 1. The van der Waals surface area contributed by atoms with Gasteiger partial charge in [-0.3, -0.25) is 4.79 Å². The second-order valence-electron chi connectivity index (χ2n) is 5.30. The van der Waals surface area contributed by atoms with Crippen molar-refractivity contribution < 1.29 is 24.6 Å². The highest BCUT2D eigenvalue weighted by Crippen LogP contribution is 2.10. The van der Waals surface area contributed by atoms with Crippen molar-refractivity contribution in [2.45, 2.75) is 12.8 Å². The predicted molar refractivity (Wildman–Crippen MR) is 74.0 cm³/mol. The van der Waals surface area contributed by atoms with Gasteiger partial charge in [-0.25, -0.2) is 0 Å². The number of quaternary nitrogens is 1. The molecule has 5 nitrogen and oxygen atoms in total. The topological polar surface area (TPSA) is 77.8 Å². The molecular weight excluding hydrogens is 246 g/mol. The Morgan fingerprint density at radius 2 is 1.68 bits per heavy atom. The lowest BCUT2D eigenvalue weighted by Crippen LogP contribution is -2.36. The Labute approximate surface area is 114 Å². The molecule has 0 radical (unpaired) electrons. The van der Waals surface area contributed by atoms with Gasteiger partial charge in [-0.2, -0.15) is 0 Å². The zero-order valence-corrected chi connectivity index (χ0v) is 11.8. The summed E-state index contributed by atoms with van der Waals surface area (Å²) in [5, 5.41) is 25.7. The Morgan fingerprint density at radius 3 is 2.00 bits per heavy atom. The molecule has 1 aromatic carbocycles. The third-order valence-corrected chi connectivity index (χ3v) is 2.33. The molecule has 0 saturated heterocycles. The molecular formula is C14H24NO4+. The van der Waals surface area contributed by atoms with Gasteiger partial charge in [-0.05, 0) is 24.1 Å². The van der Waals surface area contributed by atoms with Crippen LogP contribution in [0.2, 0.25) is 0 Å². The molecule has 0 unspecified atom stereocenters. The van der Waals surface area contributed by atoms with Gasteiger partial charge < -0.3 is 19.8 Å². The standard InChI is InChI=1S/C9H10O3.C5H14NO/c10-8-4-1-7(2-5-8)3-6-9(11)12;1-6(2,3)4-5-7/h1-2,4-5,10H,3,6H2,(H,11,12);7H,4-5H2,1-3H3/q;+1. The normalized spacial score (nSPS) is 10.5. The molecule has 0 aromatic heterocycles. The Hall–Kier alpha value is -1.59. The number of carboxylic acid groups (broad SMARTS) is 1. The van der Waals surface area contributed by atoms with Crippen LogP contribution < -0.4 is 0 Å². The first-order chi connectivity index (χ1) is 8.74. The molecule has 0 aliphatic carbocycles. The van der Waals surface area contributed by atoms with Crippen LogP contribution in [0.25, 0.3) is 0 Å². The van der Waals surface area contributed by atoms with E-state index in [0.29, 0.717) is 6.42 Å². The highest BCUT2D eigenvalue weighted by molar-refractivity contribution is 5.67. The summed E-state index contributed by atoms with van der Waals surface area (Å²) in [6, 6.07) is 6.55. The van der Waals surface area contributed by atoms with Crippen molar-refractivity contribution in [1.82, 2.24) is 0 Å². The molecule has 0 bridgehead atoms. The van der Waals surface area contributed by atoms with E-state index in [1.165, 1.54) is 0 Å². The number of hydrogen-bond acceptors (Lipinski definition) is 3. The second-order valence-corrected chi connectivity index (χ2v) is 5.30. The monoisotopic (exact) mass is 270 g/mol. The number of nitrogens with zero attached hydrogens (tertiary/aromatic N) is 1. The van der Waals surface area contributed by atoms with Crippen LogP contribution in [0.5, 0.6) is 5.75 Å². The van der Waals surface area contributed by atoms with Crippen molar-refractivity contribution in [3.63, 3.8) is 0 Å². The lowest BCUT2D eigenvalue weighted by Gasteiger charge is -2.21.